The summed E-state index contributed by atoms with van der Waals surface area (Å²) in [4.78, 5) is 18.6. The Morgan fingerprint density at radius 3 is 2.96 bits per heavy atom. The molecular formula is C17H12ClN3O3S. The van der Waals surface area contributed by atoms with Gasteiger partial charge in [0.1, 0.15) is 17.2 Å². The lowest BCUT2D eigenvalue weighted by molar-refractivity contribution is -0.113. The second kappa shape index (κ2) is 7.47. The molecule has 1 amide bonds. The van der Waals surface area contributed by atoms with Crippen LogP contribution in [0.2, 0.25) is 5.02 Å². The van der Waals surface area contributed by atoms with E-state index in [1.165, 1.54) is 30.0 Å². The number of ether oxygens (including phenoxy) is 1. The number of nitrogens with zero attached hydrogens (tertiary/aromatic N) is 3. The number of carbonyl (C=O) groups excluding carboxylic acids is 1. The van der Waals surface area contributed by atoms with E-state index in [1.807, 2.05) is 6.07 Å². The molecule has 0 radical (unpaired) electrons. The fourth-order valence-corrected chi connectivity index (χ4v) is 3.15. The van der Waals surface area contributed by atoms with Gasteiger partial charge < -0.3 is 9.15 Å². The van der Waals surface area contributed by atoms with Gasteiger partial charge in [-0.3, -0.25) is 9.69 Å². The number of benzene rings is 1. The van der Waals surface area contributed by atoms with Crippen molar-refractivity contribution in [3.63, 3.8) is 0 Å². The van der Waals surface area contributed by atoms with E-state index in [9.17, 15) is 4.79 Å². The first-order chi connectivity index (χ1) is 12.1. The van der Waals surface area contributed by atoms with Crippen molar-refractivity contribution in [3.8, 4) is 11.8 Å². The number of hydrogen-bond acceptors (Lipinski definition) is 6. The van der Waals surface area contributed by atoms with Crippen molar-refractivity contribution in [2.45, 2.75) is 0 Å². The molecule has 1 aliphatic rings. The van der Waals surface area contributed by atoms with Crippen LogP contribution in [-0.4, -0.2) is 23.9 Å². The van der Waals surface area contributed by atoms with E-state index in [2.05, 4.69) is 4.99 Å². The molecule has 25 heavy (non-hydrogen) atoms. The Kier molecular flexibility index (Phi) is 5.12. The Morgan fingerprint density at radius 1 is 1.48 bits per heavy atom. The molecule has 0 aliphatic carbocycles. The van der Waals surface area contributed by atoms with E-state index in [0.717, 1.165) is 0 Å². The maximum atomic E-state index is 12.8. The second-order valence-electron chi connectivity index (χ2n) is 4.85. The van der Waals surface area contributed by atoms with E-state index >= 15 is 0 Å². The molecule has 2 heterocycles. The van der Waals surface area contributed by atoms with Crippen LogP contribution in [0, 0.1) is 11.3 Å². The number of nitriles is 1. The summed E-state index contributed by atoms with van der Waals surface area (Å²) in [6.45, 7) is 0. The van der Waals surface area contributed by atoms with Crippen LogP contribution < -0.4 is 9.64 Å². The van der Waals surface area contributed by atoms with Crippen molar-refractivity contribution >= 4 is 46.2 Å². The molecule has 1 aromatic carbocycles. The van der Waals surface area contributed by atoms with Crippen molar-refractivity contribution in [1.82, 2.24) is 0 Å². The number of methoxy groups -OCH3 is 1. The lowest BCUT2D eigenvalue weighted by Gasteiger charge is -2.18. The predicted octanol–water partition coefficient (Wildman–Crippen LogP) is 3.94. The van der Waals surface area contributed by atoms with Gasteiger partial charge in [0.2, 0.25) is 0 Å². The summed E-state index contributed by atoms with van der Waals surface area (Å²) >= 11 is 7.34. The fourth-order valence-electron chi connectivity index (χ4n) is 2.22. The third-order valence-electron chi connectivity index (χ3n) is 3.31. The first-order valence-electron chi connectivity index (χ1n) is 7.15. The Bertz CT molecular complexity index is 900. The van der Waals surface area contributed by atoms with E-state index in [4.69, 9.17) is 26.0 Å². The maximum absolute atomic E-state index is 12.8. The van der Waals surface area contributed by atoms with Gasteiger partial charge in [0, 0.05) is 6.08 Å². The van der Waals surface area contributed by atoms with Gasteiger partial charge in [-0.2, -0.15) is 5.26 Å². The van der Waals surface area contributed by atoms with Crippen LogP contribution in [0.25, 0.3) is 6.08 Å². The van der Waals surface area contributed by atoms with E-state index in [1.54, 1.807) is 36.4 Å². The number of thioether (sulfide) groups is 1. The van der Waals surface area contributed by atoms with Gasteiger partial charge >= 0.3 is 0 Å². The highest BCUT2D eigenvalue weighted by molar-refractivity contribution is 8.14. The smallest absolute Gasteiger partial charge is 0.283 e. The highest BCUT2D eigenvalue weighted by Crippen LogP contribution is 2.34. The summed E-state index contributed by atoms with van der Waals surface area (Å²) in [5.74, 6) is 0.872. The van der Waals surface area contributed by atoms with E-state index < -0.39 is 0 Å². The minimum Gasteiger partial charge on any atom is -0.495 e. The van der Waals surface area contributed by atoms with Crippen molar-refractivity contribution in [1.29, 1.82) is 5.26 Å². The molecule has 0 bridgehead atoms. The SMILES string of the molecule is COc1ccc(N2C(=O)/C(=C\c3ccco3)N=C2SCC#N)cc1Cl. The van der Waals surface area contributed by atoms with Crippen LogP contribution in [0.5, 0.6) is 5.75 Å². The molecule has 3 rings (SSSR count). The average Bonchev–Trinajstić information content (AvgIpc) is 3.22. The molecule has 6 nitrogen and oxygen atoms in total. The molecular weight excluding hydrogens is 362 g/mol. The topological polar surface area (TPSA) is 78.8 Å². The fraction of sp³-hybridized carbons (Fsp3) is 0.118. The minimum atomic E-state index is -0.321. The molecule has 2 aromatic rings. The number of amides is 1. The summed E-state index contributed by atoms with van der Waals surface area (Å²) in [6.07, 6.45) is 3.07. The minimum absolute atomic E-state index is 0.167. The van der Waals surface area contributed by atoms with Gasteiger partial charge in [-0.1, -0.05) is 23.4 Å². The number of aliphatic imine (C=N–C) groups is 1. The number of amidine groups is 1. The van der Waals surface area contributed by atoms with Gasteiger partial charge in [0.25, 0.3) is 5.91 Å². The molecule has 8 heteroatoms. The molecule has 0 atom stereocenters. The molecule has 1 aliphatic heterocycles. The van der Waals surface area contributed by atoms with Crippen molar-refractivity contribution in [2.24, 2.45) is 4.99 Å². The Morgan fingerprint density at radius 2 is 2.32 bits per heavy atom. The van der Waals surface area contributed by atoms with Crippen LogP contribution in [0.3, 0.4) is 0 Å². The van der Waals surface area contributed by atoms with Gasteiger partial charge in [0.15, 0.2) is 5.17 Å². The zero-order chi connectivity index (χ0) is 17.8. The molecule has 0 saturated heterocycles. The molecule has 1 aromatic heterocycles. The van der Waals surface area contributed by atoms with Crippen LogP contribution >= 0.6 is 23.4 Å². The first-order valence-corrected chi connectivity index (χ1v) is 8.52. The van der Waals surface area contributed by atoms with Gasteiger partial charge in [-0.25, -0.2) is 4.99 Å². The average molecular weight is 374 g/mol. The van der Waals surface area contributed by atoms with Crippen LogP contribution in [-0.2, 0) is 4.79 Å². The van der Waals surface area contributed by atoms with Gasteiger partial charge in [0.05, 0.1) is 35.9 Å². The summed E-state index contributed by atoms with van der Waals surface area (Å²) in [5, 5.41) is 9.62. The Hall–Kier alpha value is -2.69. The third-order valence-corrected chi connectivity index (χ3v) is 4.41. The van der Waals surface area contributed by atoms with Crippen molar-refractivity contribution in [3.05, 3.63) is 53.1 Å². The summed E-state index contributed by atoms with van der Waals surface area (Å²) in [7, 11) is 1.52. The molecule has 0 saturated carbocycles. The predicted molar refractivity (Wildman–Crippen MR) is 97.7 cm³/mol. The monoisotopic (exact) mass is 373 g/mol. The van der Waals surface area contributed by atoms with Crippen LogP contribution in [0.4, 0.5) is 5.69 Å². The first kappa shape index (κ1) is 17.1. The molecule has 0 fully saturated rings. The number of rotatable bonds is 4. The quantitative estimate of drug-likeness (QED) is 0.758. The summed E-state index contributed by atoms with van der Waals surface area (Å²) < 4.78 is 10.4. The van der Waals surface area contributed by atoms with E-state index in [-0.39, 0.29) is 17.4 Å². The standard InChI is InChI=1S/C17H12ClN3O3S/c1-23-15-5-4-11(9-13(15)18)21-16(22)14(10-12-3-2-7-24-12)20-17(21)25-8-6-19/h2-5,7,9-10H,8H2,1H3/b14-10+. The zero-order valence-electron chi connectivity index (χ0n) is 13.1. The normalized spacial score (nSPS) is 15.4. The lowest BCUT2D eigenvalue weighted by atomic mass is 10.2. The van der Waals surface area contributed by atoms with Crippen molar-refractivity contribution < 1.29 is 13.9 Å². The molecule has 0 unspecified atom stereocenters. The number of carbonyl (C=O) groups is 1. The zero-order valence-corrected chi connectivity index (χ0v) is 14.7. The van der Waals surface area contributed by atoms with E-state index in [0.29, 0.717) is 27.4 Å². The number of furan rings is 1. The second-order valence-corrected chi connectivity index (χ2v) is 6.20. The maximum Gasteiger partial charge on any atom is 0.283 e. The van der Waals surface area contributed by atoms with Crippen LogP contribution in [0.1, 0.15) is 5.76 Å². The van der Waals surface area contributed by atoms with Gasteiger partial charge in [-0.15, -0.1) is 0 Å². The lowest BCUT2D eigenvalue weighted by Crippen LogP contribution is -2.30. The largest absolute Gasteiger partial charge is 0.495 e. The molecule has 0 spiro atoms. The number of halogens is 1. The number of anilines is 1. The van der Waals surface area contributed by atoms with Crippen LogP contribution in [0.15, 0.2) is 51.7 Å². The highest BCUT2D eigenvalue weighted by atomic mass is 35.5. The Balaban J connectivity index is 1.99. The van der Waals surface area contributed by atoms with Gasteiger partial charge in [-0.05, 0) is 30.3 Å². The summed E-state index contributed by atoms with van der Waals surface area (Å²) in [5.41, 5.74) is 0.769. The molecule has 126 valence electrons. The highest BCUT2D eigenvalue weighted by Gasteiger charge is 2.32. The van der Waals surface area contributed by atoms with Crippen molar-refractivity contribution in [2.75, 3.05) is 17.8 Å². The number of hydrogen-bond donors (Lipinski definition) is 0. The third kappa shape index (κ3) is 3.55. The molecule has 0 N–H and O–H groups in total. The Labute approximate surface area is 153 Å². The summed E-state index contributed by atoms with van der Waals surface area (Å²) in [6, 6.07) is 10.5.